The fourth-order valence-corrected chi connectivity index (χ4v) is 5.02. The first-order chi connectivity index (χ1) is 11.6. The van der Waals surface area contributed by atoms with Crippen LogP contribution in [0.5, 0.6) is 0 Å². The van der Waals surface area contributed by atoms with Gasteiger partial charge in [0.1, 0.15) is 6.17 Å². The average molecular weight is 346 g/mol. The van der Waals surface area contributed by atoms with Crippen molar-refractivity contribution in [2.75, 3.05) is 25.5 Å². The molecule has 1 aromatic carbocycles. The molecule has 0 spiro atoms. The number of piperidine rings is 1. The second-order valence-electron chi connectivity index (χ2n) is 6.30. The maximum absolute atomic E-state index is 14.4. The highest BCUT2D eigenvalue weighted by molar-refractivity contribution is 7.90. The minimum Gasteiger partial charge on any atom is -0.378 e. The van der Waals surface area contributed by atoms with Crippen molar-refractivity contribution in [3.05, 3.63) is 28.7 Å². The van der Waals surface area contributed by atoms with Crippen LogP contribution in [0.15, 0.2) is 28.0 Å². The van der Waals surface area contributed by atoms with Gasteiger partial charge in [0.2, 0.25) is 0 Å². The van der Waals surface area contributed by atoms with Crippen LogP contribution in [0.3, 0.4) is 0 Å². The van der Waals surface area contributed by atoms with Gasteiger partial charge in [-0.2, -0.15) is 0 Å². The van der Waals surface area contributed by atoms with E-state index < -0.39 is 17.0 Å². The smallest absolute Gasteiger partial charge is 0.133 e. The van der Waals surface area contributed by atoms with Gasteiger partial charge in [0, 0.05) is 13.1 Å². The van der Waals surface area contributed by atoms with E-state index in [-0.39, 0.29) is 6.04 Å². The van der Waals surface area contributed by atoms with Crippen LogP contribution in [-0.2, 0) is 10.8 Å². The van der Waals surface area contributed by atoms with Crippen LogP contribution in [0.25, 0.3) is 5.57 Å². The predicted molar refractivity (Wildman–Crippen MR) is 97.9 cm³/mol. The van der Waals surface area contributed by atoms with Crippen LogP contribution < -0.4 is 5.32 Å². The monoisotopic (exact) mass is 346 g/mol. The average Bonchev–Trinajstić information content (AvgIpc) is 2.83. The number of halogens is 1. The Bertz CT molecular complexity index is 762. The van der Waals surface area contributed by atoms with E-state index in [0.29, 0.717) is 11.4 Å². The molecule has 3 unspecified atom stereocenters. The first-order valence-electron chi connectivity index (χ1n) is 8.37. The molecular weight excluding hydrogens is 323 g/mol. The van der Waals surface area contributed by atoms with Gasteiger partial charge in [-0.05, 0) is 44.0 Å². The van der Waals surface area contributed by atoms with Crippen LogP contribution in [0.1, 0.15) is 32.3 Å². The lowest BCUT2D eigenvalue weighted by Crippen LogP contribution is -2.46. The summed E-state index contributed by atoms with van der Waals surface area (Å²) in [4.78, 5) is 3.46. The summed E-state index contributed by atoms with van der Waals surface area (Å²) in [6.07, 6.45) is 0.596. The third-order valence-electron chi connectivity index (χ3n) is 4.66. The molecule has 1 aromatic rings. The van der Waals surface area contributed by atoms with E-state index in [1.54, 1.807) is 6.92 Å². The van der Waals surface area contributed by atoms with E-state index in [0.717, 1.165) is 41.1 Å². The van der Waals surface area contributed by atoms with Crippen molar-refractivity contribution in [1.82, 2.24) is 4.90 Å². The first-order valence-corrected chi connectivity index (χ1v) is 9.52. The molecule has 1 fully saturated rings. The molecule has 128 valence electrons. The summed E-state index contributed by atoms with van der Waals surface area (Å²) < 4.78 is 27.3. The Hall–Kier alpha value is -1.64. The van der Waals surface area contributed by atoms with Gasteiger partial charge in [-0.25, -0.2) is 8.60 Å². The third kappa shape index (κ3) is 3.01. The van der Waals surface area contributed by atoms with Gasteiger partial charge >= 0.3 is 0 Å². The molecule has 0 aromatic heterocycles. The van der Waals surface area contributed by atoms with Crippen molar-refractivity contribution in [3.63, 3.8) is 0 Å². The molecule has 0 amide bonds. The van der Waals surface area contributed by atoms with Crippen LogP contribution in [0.2, 0.25) is 0 Å². The lowest BCUT2D eigenvalue weighted by Gasteiger charge is -2.33. The van der Waals surface area contributed by atoms with Gasteiger partial charge in [0.15, 0.2) is 0 Å². The van der Waals surface area contributed by atoms with Gasteiger partial charge in [-0.15, -0.1) is 5.92 Å². The molecule has 1 N–H and O–H groups in total. The van der Waals surface area contributed by atoms with Crippen LogP contribution >= 0.6 is 0 Å². The molecule has 0 aliphatic carbocycles. The zero-order chi connectivity index (χ0) is 17.3. The molecule has 5 heteroatoms. The summed E-state index contributed by atoms with van der Waals surface area (Å²) in [5.74, 6) is 5.87. The minimum absolute atomic E-state index is 0.240. The van der Waals surface area contributed by atoms with E-state index in [4.69, 9.17) is 0 Å². The second-order valence-corrected chi connectivity index (χ2v) is 7.66. The lowest BCUT2D eigenvalue weighted by molar-refractivity contribution is 0.149. The summed E-state index contributed by atoms with van der Waals surface area (Å²) in [5.41, 5.74) is 2.81. The first kappa shape index (κ1) is 17.2. The Morgan fingerprint density at radius 2 is 2.25 bits per heavy atom. The number of rotatable bonds is 3. The molecule has 2 aliphatic heterocycles. The summed E-state index contributed by atoms with van der Waals surface area (Å²) in [6, 6.07) is 5.59. The van der Waals surface area contributed by atoms with E-state index in [2.05, 4.69) is 17.2 Å². The topological polar surface area (TPSA) is 32.3 Å². The van der Waals surface area contributed by atoms with Gasteiger partial charge in [0.25, 0.3) is 0 Å². The zero-order valence-corrected chi connectivity index (χ0v) is 15.2. The summed E-state index contributed by atoms with van der Waals surface area (Å²) >= 11 is 0. The summed E-state index contributed by atoms with van der Waals surface area (Å²) in [5, 5.41) is 3.32. The number of alkyl halides is 1. The molecule has 3 nitrogen and oxygen atoms in total. The Balaban J connectivity index is 1.94. The fourth-order valence-electron chi connectivity index (χ4n) is 3.43. The molecule has 2 heterocycles. The predicted octanol–water partition coefficient (Wildman–Crippen LogP) is 3.41. The number of nitrogens with zero attached hydrogens (tertiary/aromatic N) is 1. The Morgan fingerprint density at radius 3 is 2.92 bits per heavy atom. The number of benzene rings is 1. The fraction of sp³-hybridized carbons (Fsp3) is 0.474. The van der Waals surface area contributed by atoms with Crippen molar-refractivity contribution in [2.24, 2.45) is 0 Å². The maximum atomic E-state index is 14.4. The van der Waals surface area contributed by atoms with Crippen molar-refractivity contribution >= 4 is 22.1 Å². The van der Waals surface area contributed by atoms with Gasteiger partial charge in [-0.1, -0.05) is 25.0 Å². The maximum Gasteiger partial charge on any atom is 0.133 e. The van der Waals surface area contributed by atoms with Crippen molar-refractivity contribution in [1.29, 1.82) is 0 Å². The van der Waals surface area contributed by atoms with Gasteiger partial charge in [0.05, 0.1) is 32.3 Å². The number of likely N-dealkylation sites (tertiary alicyclic amines) is 1. The van der Waals surface area contributed by atoms with E-state index in [1.165, 1.54) is 0 Å². The Kier molecular flexibility index (Phi) is 5.07. The van der Waals surface area contributed by atoms with E-state index >= 15 is 0 Å². The molecule has 2 aliphatic rings. The Labute approximate surface area is 145 Å². The highest BCUT2D eigenvalue weighted by atomic mass is 32.2. The lowest BCUT2D eigenvalue weighted by atomic mass is 10.0. The number of anilines is 1. The normalized spacial score (nSPS) is 26.8. The van der Waals surface area contributed by atoms with Gasteiger partial charge < -0.3 is 10.2 Å². The molecule has 3 atom stereocenters. The standard InChI is InChI=1S/C19H23FN2OS/c1-4-7-18-13(5-2)14-8-6-9-17(19(14)24(18)23)21-16-10-11-22(3)12-15(16)20/h6,8-9,15-16,21H,5,10-12H2,1-3H3. The second kappa shape index (κ2) is 7.08. The quantitative estimate of drug-likeness (QED) is 0.852. The highest BCUT2D eigenvalue weighted by Crippen LogP contribution is 2.42. The molecule has 0 saturated carbocycles. The third-order valence-corrected chi connectivity index (χ3v) is 6.19. The molecular formula is C19H23FN2OS. The van der Waals surface area contributed by atoms with E-state index in [9.17, 15) is 8.60 Å². The number of hydrogen-bond donors (Lipinski definition) is 1. The Morgan fingerprint density at radius 1 is 1.46 bits per heavy atom. The number of fused-ring (bicyclic) bond motifs is 1. The SMILES string of the molecule is CC#CC1=C(CC)c2cccc(NC3CCN(C)CC3F)c2S1=O. The highest BCUT2D eigenvalue weighted by Gasteiger charge is 2.32. The van der Waals surface area contributed by atoms with Crippen LogP contribution in [0.4, 0.5) is 10.1 Å². The molecule has 24 heavy (non-hydrogen) atoms. The molecule has 0 radical (unpaired) electrons. The van der Waals surface area contributed by atoms with Crippen LogP contribution in [0, 0.1) is 11.8 Å². The van der Waals surface area contributed by atoms with Gasteiger partial charge in [-0.3, -0.25) is 0 Å². The van der Waals surface area contributed by atoms with Crippen molar-refractivity contribution in [2.45, 2.75) is 43.8 Å². The summed E-state index contributed by atoms with van der Waals surface area (Å²) in [7, 11) is 0.647. The summed E-state index contributed by atoms with van der Waals surface area (Å²) in [6.45, 7) is 5.10. The largest absolute Gasteiger partial charge is 0.378 e. The number of nitrogens with one attached hydrogen (secondary N) is 1. The molecule has 1 saturated heterocycles. The van der Waals surface area contributed by atoms with Crippen LogP contribution in [-0.4, -0.2) is 41.5 Å². The number of hydrogen-bond acceptors (Lipinski definition) is 3. The molecule has 3 rings (SSSR count). The number of allylic oxidation sites excluding steroid dienone is 2. The van der Waals surface area contributed by atoms with E-state index in [1.807, 2.05) is 37.1 Å². The van der Waals surface area contributed by atoms with Crippen molar-refractivity contribution < 1.29 is 8.60 Å². The zero-order valence-electron chi connectivity index (χ0n) is 14.4. The minimum atomic E-state index is -1.29. The van der Waals surface area contributed by atoms with Crippen molar-refractivity contribution in [3.8, 4) is 11.8 Å². The molecule has 0 bridgehead atoms.